The first-order valence-corrected chi connectivity index (χ1v) is 24.1. The van der Waals surface area contributed by atoms with Gasteiger partial charge in [0.1, 0.15) is 13.2 Å². The molecule has 0 aromatic heterocycles. The fourth-order valence-electron chi connectivity index (χ4n) is 6.57. The van der Waals surface area contributed by atoms with Crippen molar-refractivity contribution in [3.05, 3.63) is 36.5 Å². The highest BCUT2D eigenvalue weighted by Gasteiger charge is 2.21. The SMILES string of the molecule is CCC/C=C\C/C=C\CCCCCCCC(=O)OC(COC(=O)CCCCCCCCCCC/C=C\CCCCCCCCCC)COC(OCC[N+](C)(C)C)C(=O)[O-]. The third-order valence-electron chi connectivity index (χ3n) is 10.3. The highest BCUT2D eigenvalue weighted by Crippen LogP contribution is 2.14. The maximum Gasteiger partial charge on any atom is 0.306 e. The van der Waals surface area contributed by atoms with Gasteiger partial charge < -0.3 is 33.3 Å². The number of carboxylic acids is 1. The van der Waals surface area contributed by atoms with Gasteiger partial charge in [-0.3, -0.25) is 9.59 Å². The van der Waals surface area contributed by atoms with Gasteiger partial charge in [-0.15, -0.1) is 0 Å². The molecular weight excluding hydrogens is 743 g/mol. The Balaban J connectivity index is 4.33. The highest BCUT2D eigenvalue weighted by atomic mass is 16.7. The number of nitrogens with zero attached hydrogens (tertiary/aromatic N) is 1. The van der Waals surface area contributed by atoms with Crippen molar-refractivity contribution < 1.29 is 42.9 Å². The van der Waals surface area contributed by atoms with Crippen molar-refractivity contribution in [2.24, 2.45) is 0 Å². The molecule has 344 valence electrons. The number of hydrogen-bond acceptors (Lipinski definition) is 8. The van der Waals surface area contributed by atoms with E-state index in [-0.39, 0.29) is 38.6 Å². The molecule has 0 aliphatic heterocycles. The van der Waals surface area contributed by atoms with Crippen LogP contribution in [-0.4, -0.2) is 82.3 Å². The lowest BCUT2D eigenvalue weighted by atomic mass is 10.1. The van der Waals surface area contributed by atoms with E-state index in [0.717, 1.165) is 64.2 Å². The molecule has 0 bridgehead atoms. The fraction of sp³-hybridized carbons (Fsp3) is 0.820. The second kappa shape index (κ2) is 42.2. The number of hydrogen-bond donors (Lipinski definition) is 0. The van der Waals surface area contributed by atoms with E-state index in [4.69, 9.17) is 18.9 Å². The van der Waals surface area contributed by atoms with Crippen molar-refractivity contribution in [3.8, 4) is 0 Å². The van der Waals surface area contributed by atoms with Gasteiger partial charge in [-0.2, -0.15) is 0 Å². The molecule has 0 saturated carbocycles. The lowest BCUT2D eigenvalue weighted by molar-refractivity contribution is -0.870. The van der Waals surface area contributed by atoms with Gasteiger partial charge in [0.25, 0.3) is 0 Å². The Hall–Kier alpha value is -2.49. The molecule has 59 heavy (non-hydrogen) atoms. The lowest BCUT2D eigenvalue weighted by Gasteiger charge is -2.26. The zero-order chi connectivity index (χ0) is 43.5. The molecule has 0 aliphatic rings. The van der Waals surface area contributed by atoms with Crippen LogP contribution in [0.3, 0.4) is 0 Å². The van der Waals surface area contributed by atoms with Crippen molar-refractivity contribution in [2.75, 3.05) is 47.5 Å². The Bertz CT molecular complexity index is 1070. The first-order chi connectivity index (χ1) is 28.6. The van der Waals surface area contributed by atoms with E-state index in [9.17, 15) is 19.5 Å². The summed E-state index contributed by atoms with van der Waals surface area (Å²) in [5.41, 5.74) is 0. The molecule has 9 nitrogen and oxygen atoms in total. The number of ether oxygens (including phenoxy) is 4. The molecule has 0 spiro atoms. The molecule has 0 aromatic rings. The van der Waals surface area contributed by atoms with Crippen molar-refractivity contribution in [1.29, 1.82) is 0 Å². The number of carbonyl (C=O) groups is 3. The van der Waals surface area contributed by atoms with Crippen LogP contribution in [0.5, 0.6) is 0 Å². The van der Waals surface area contributed by atoms with Crippen LogP contribution in [0, 0.1) is 0 Å². The van der Waals surface area contributed by atoms with E-state index in [2.05, 4.69) is 50.3 Å². The summed E-state index contributed by atoms with van der Waals surface area (Å²) in [6, 6.07) is 0. The molecule has 0 rings (SSSR count). The van der Waals surface area contributed by atoms with Gasteiger partial charge in [0.2, 0.25) is 0 Å². The van der Waals surface area contributed by atoms with Crippen molar-refractivity contribution >= 4 is 17.9 Å². The van der Waals surface area contributed by atoms with E-state index in [1.807, 2.05) is 21.1 Å². The quantitative estimate of drug-likeness (QED) is 0.0196. The van der Waals surface area contributed by atoms with Crippen LogP contribution in [0.2, 0.25) is 0 Å². The Kier molecular flexibility index (Phi) is 40.4. The number of carboxylic acid groups (broad SMARTS) is 1. The monoisotopic (exact) mass is 834 g/mol. The topological polar surface area (TPSA) is 111 Å². The zero-order valence-electron chi connectivity index (χ0n) is 38.9. The molecule has 0 radical (unpaired) electrons. The van der Waals surface area contributed by atoms with Crippen molar-refractivity contribution in [3.63, 3.8) is 0 Å². The minimum absolute atomic E-state index is 0.144. The predicted molar refractivity (Wildman–Crippen MR) is 242 cm³/mol. The van der Waals surface area contributed by atoms with Crippen molar-refractivity contribution in [1.82, 2.24) is 0 Å². The Morgan fingerprint density at radius 2 is 0.949 bits per heavy atom. The predicted octanol–water partition coefficient (Wildman–Crippen LogP) is 11.7. The first-order valence-electron chi connectivity index (χ1n) is 24.1. The van der Waals surface area contributed by atoms with E-state index in [0.29, 0.717) is 17.4 Å². The van der Waals surface area contributed by atoms with Crippen LogP contribution in [0.4, 0.5) is 0 Å². The Morgan fingerprint density at radius 1 is 0.508 bits per heavy atom. The van der Waals surface area contributed by atoms with Crippen LogP contribution in [-0.2, 0) is 33.3 Å². The summed E-state index contributed by atoms with van der Waals surface area (Å²) in [4.78, 5) is 37.0. The summed E-state index contributed by atoms with van der Waals surface area (Å²) in [6.45, 7) is 4.66. The number of aliphatic carboxylic acids is 1. The van der Waals surface area contributed by atoms with Crippen LogP contribution in [0.15, 0.2) is 36.5 Å². The molecule has 0 aromatic carbocycles. The molecule has 0 aliphatic carbocycles. The molecule has 9 heteroatoms. The molecule has 0 heterocycles. The number of quaternary nitrogens is 1. The van der Waals surface area contributed by atoms with E-state index >= 15 is 0 Å². The Labute approximate surface area is 362 Å². The third kappa shape index (κ3) is 43.4. The summed E-state index contributed by atoms with van der Waals surface area (Å²) in [7, 11) is 5.90. The first kappa shape index (κ1) is 56.5. The smallest absolute Gasteiger partial charge is 0.306 e. The number of esters is 2. The number of rotatable bonds is 44. The molecule has 0 fully saturated rings. The third-order valence-corrected chi connectivity index (χ3v) is 10.3. The van der Waals surface area contributed by atoms with Gasteiger partial charge >= 0.3 is 11.9 Å². The van der Waals surface area contributed by atoms with E-state index in [1.54, 1.807) is 0 Å². The largest absolute Gasteiger partial charge is 0.545 e. The normalized spacial score (nSPS) is 13.2. The molecule has 0 saturated heterocycles. The standard InChI is InChI=1S/C50H91NO8/c1-6-8-10-12-14-16-18-20-21-22-23-24-25-26-27-29-30-32-34-36-38-40-47(52)57-44-46(45-58-50(49(54)55)56-43-42-51(3,4)5)59-48(53)41-39-37-35-33-31-28-19-17-15-13-11-9-7-2/h11,13,17,19,22-23,46,50H,6-10,12,14-16,18,20-21,24-45H2,1-5H3/b13-11-,19-17-,23-22-. The van der Waals surface area contributed by atoms with E-state index < -0.39 is 24.3 Å². The summed E-state index contributed by atoms with van der Waals surface area (Å²) >= 11 is 0. The van der Waals surface area contributed by atoms with Gasteiger partial charge in [-0.1, -0.05) is 166 Å². The van der Waals surface area contributed by atoms with Gasteiger partial charge in [-0.05, 0) is 64.2 Å². The fourth-order valence-corrected chi connectivity index (χ4v) is 6.57. The zero-order valence-corrected chi connectivity index (χ0v) is 38.9. The second-order valence-electron chi connectivity index (χ2n) is 17.4. The van der Waals surface area contributed by atoms with Crippen LogP contribution in [0.1, 0.15) is 206 Å². The molecule has 0 N–H and O–H groups in total. The van der Waals surface area contributed by atoms with Gasteiger partial charge in [0, 0.05) is 12.8 Å². The number of unbranched alkanes of at least 4 members (excludes halogenated alkanes) is 23. The highest BCUT2D eigenvalue weighted by molar-refractivity contribution is 5.70. The molecule has 2 atom stereocenters. The second-order valence-corrected chi connectivity index (χ2v) is 17.4. The number of likely N-dealkylation sites (N-methyl/N-ethyl adjacent to an activating group) is 1. The number of allylic oxidation sites excluding steroid dienone is 6. The molecule has 0 amide bonds. The summed E-state index contributed by atoms with van der Waals surface area (Å²) in [5.74, 6) is -2.30. The van der Waals surface area contributed by atoms with Gasteiger partial charge in [-0.25, -0.2) is 0 Å². The van der Waals surface area contributed by atoms with Crippen molar-refractivity contribution in [2.45, 2.75) is 219 Å². The summed E-state index contributed by atoms with van der Waals surface area (Å²) in [6.07, 6.45) is 44.6. The van der Waals surface area contributed by atoms with Gasteiger partial charge in [0.05, 0.1) is 40.3 Å². The minimum atomic E-state index is -1.62. The number of carbonyl (C=O) groups excluding carboxylic acids is 3. The van der Waals surface area contributed by atoms with Crippen LogP contribution >= 0.6 is 0 Å². The van der Waals surface area contributed by atoms with Crippen LogP contribution in [0.25, 0.3) is 0 Å². The average Bonchev–Trinajstić information content (AvgIpc) is 3.19. The van der Waals surface area contributed by atoms with E-state index in [1.165, 1.54) is 109 Å². The summed E-state index contributed by atoms with van der Waals surface area (Å²) in [5, 5.41) is 11.7. The maximum atomic E-state index is 12.7. The maximum absolute atomic E-state index is 12.7. The summed E-state index contributed by atoms with van der Waals surface area (Å²) < 4.78 is 22.6. The average molecular weight is 834 g/mol. The van der Waals surface area contributed by atoms with Gasteiger partial charge in [0.15, 0.2) is 12.4 Å². The van der Waals surface area contributed by atoms with Crippen LogP contribution < -0.4 is 5.11 Å². The molecule has 2 unspecified atom stereocenters. The Morgan fingerprint density at radius 3 is 1.42 bits per heavy atom. The lowest BCUT2D eigenvalue weighted by Crippen LogP contribution is -2.44. The molecular formula is C50H91NO8. The minimum Gasteiger partial charge on any atom is -0.545 e.